The van der Waals surface area contributed by atoms with Crippen molar-refractivity contribution in [3.63, 3.8) is 0 Å². The number of nitrogens with one attached hydrogen (secondary N) is 1. The van der Waals surface area contributed by atoms with Crippen molar-refractivity contribution in [2.45, 2.75) is 50.7 Å². The van der Waals surface area contributed by atoms with Crippen LogP contribution in [0.3, 0.4) is 0 Å². The number of aromatic nitrogens is 4. The summed E-state index contributed by atoms with van der Waals surface area (Å²) in [6.07, 6.45) is 9.56. The van der Waals surface area contributed by atoms with Crippen LogP contribution >= 0.6 is 0 Å². The number of benzene rings is 1. The van der Waals surface area contributed by atoms with Gasteiger partial charge < -0.3 is 20.7 Å². The van der Waals surface area contributed by atoms with Crippen molar-refractivity contribution in [1.29, 1.82) is 0 Å². The molecule has 3 aromatic heterocycles. The van der Waals surface area contributed by atoms with Gasteiger partial charge in [-0.3, -0.25) is 4.98 Å². The first-order valence-corrected chi connectivity index (χ1v) is 13.5. The largest absolute Gasteiger partial charge is 0.374 e. The number of hydrogen-bond acceptors (Lipinski definition) is 7. The Morgan fingerprint density at radius 2 is 1.85 bits per heavy atom. The monoisotopic (exact) mass is 533 g/mol. The Kier molecular flexibility index (Phi) is 6.68. The second-order valence-corrected chi connectivity index (χ2v) is 10.9. The predicted molar refractivity (Wildman–Crippen MR) is 147 cm³/mol. The lowest BCUT2D eigenvalue weighted by molar-refractivity contribution is -0.00914. The number of imidazole rings is 1. The molecule has 0 amide bonds. The molecule has 10 heteroatoms. The maximum absolute atomic E-state index is 15.5. The number of hydrogen-bond donors (Lipinski definition) is 2. The van der Waals surface area contributed by atoms with Crippen LogP contribution in [0.15, 0.2) is 48.9 Å². The van der Waals surface area contributed by atoms with E-state index in [1.165, 1.54) is 12.1 Å². The molecule has 1 saturated carbocycles. The molecule has 1 aromatic carbocycles. The molecule has 8 nitrogen and oxygen atoms in total. The zero-order valence-electron chi connectivity index (χ0n) is 22.2. The molecule has 39 heavy (non-hydrogen) atoms. The molecule has 0 unspecified atom stereocenters. The number of methoxy groups -OCH3 is 1. The van der Waals surface area contributed by atoms with Crippen LogP contribution in [0.5, 0.6) is 0 Å². The highest BCUT2D eigenvalue weighted by atomic mass is 19.1. The van der Waals surface area contributed by atoms with Gasteiger partial charge in [-0.25, -0.2) is 13.8 Å². The average Bonchev–Trinajstić information content (AvgIpc) is 3.56. The zero-order chi connectivity index (χ0) is 27.1. The van der Waals surface area contributed by atoms with Crippen LogP contribution in [-0.2, 0) is 10.3 Å². The number of anilines is 3. The third kappa shape index (κ3) is 4.72. The van der Waals surface area contributed by atoms with E-state index in [-0.39, 0.29) is 17.3 Å². The molecule has 1 aliphatic heterocycles. The molecule has 4 heterocycles. The average molecular weight is 534 g/mol. The maximum atomic E-state index is 15.5. The van der Waals surface area contributed by atoms with E-state index in [2.05, 4.69) is 32.2 Å². The van der Waals surface area contributed by atoms with Crippen LogP contribution < -0.4 is 16.0 Å². The molecule has 2 fully saturated rings. The molecule has 6 rings (SSSR count). The van der Waals surface area contributed by atoms with Gasteiger partial charge in [0.25, 0.3) is 0 Å². The van der Waals surface area contributed by atoms with E-state index in [1.807, 2.05) is 6.07 Å². The topological polar surface area (TPSA) is 93.6 Å². The van der Waals surface area contributed by atoms with E-state index in [0.29, 0.717) is 22.9 Å². The first-order valence-electron chi connectivity index (χ1n) is 13.5. The third-order valence-electron chi connectivity index (χ3n) is 8.09. The minimum absolute atomic E-state index is 0.0925. The quantitative estimate of drug-likeness (QED) is 0.343. The summed E-state index contributed by atoms with van der Waals surface area (Å²) in [6, 6.07) is 8.17. The number of pyridine rings is 1. The van der Waals surface area contributed by atoms with E-state index >= 15 is 8.78 Å². The number of halogens is 2. The first-order chi connectivity index (χ1) is 18.9. The van der Waals surface area contributed by atoms with Crippen molar-refractivity contribution in [2.75, 3.05) is 30.4 Å². The van der Waals surface area contributed by atoms with Crippen LogP contribution in [-0.4, -0.2) is 45.8 Å². The molecule has 2 atom stereocenters. The van der Waals surface area contributed by atoms with Crippen LogP contribution in [0.4, 0.5) is 26.1 Å². The van der Waals surface area contributed by atoms with Gasteiger partial charge in [0.15, 0.2) is 0 Å². The number of nitrogens with two attached hydrogens (primary N) is 1. The van der Waals surface area contributed by atoms with Gasteiger partial charge in [-0.15, -0.1) is 0 Å². The molecule has 204 valence electrons. The Balaban J connectivity index is 1.34. The third-order valence-corrected chi connectivity index (χ3v) is 8.09. The molecule has 0 bridgehead atoms. The standard InChI is InChI=1S/C29H33F2N7O/c1-18-11-20(32)17-37(16-18)26-7-10-33-15-25(26)35-28-34-14-21-5-6-24(36-38(21)28)27-22(30)12-19(13-23(27)31)29(39-2)8-3-4-9-29/h5-7,10,12-15,18,20H,3-4,8-9,11,16-17,32H2,1-2H3,(H,34,35)/t18-,20+/m1/s1. The molecular formula is C29H33F2N7O. The Labute approximate surface area is 226 Å². The van der Waals surface area contributed by atoms with Gasteiger partial charge in [0.1, 0.15) is 11.6 Å². The highest BCUT2D eigenvalue weighted by Crippen LogP contribution is 2.43. The van der Waals surface area contributed by atoms with Crippen molar-refractivity contribution in [1.82, 2.24) is 19.6 Å². The molecule has 1 aliphatic carbocycles. The number of ether oxygens (including phenoxy) is 1. The van der Waals surface area contributed by atoms with Gasteiger partial charge in [0.2, 0.25) is 5.95 Å². The van der Waals surface area contributed by atoms with Crippen LogP contribution in [0.25, 0.3) is 16.8 Å². The van der Waals surface area contributed by atoms with E-state index < -0.39 is 17.2 Å². The molecular weight excluding hydrogens is 500 g/mol. The Bertz CT molecular complexity index is 1470. The Morgan fingerprint density at radius 3 is 2.56 bits per heavy atom. The van der Waals surface area contributed by atoms with Crippen molar-refractivity contribution in [3.8, 4) is 11.3 Å². The lowest BCUT2D eigenvalue weighted by Crippen LogP contribution is -2.46. The number of rotatable bonds is 6. The normalized spacial score (nSPS) is 21.0. The van der Waals surface area contributed by atoms with Gasteiger partial charge in [-0.2, -0.15) is 9.61 Å². The van der Waals surface area contributed by atoms with Crippen LogP contribution in [0.2, 0.25) is 0 Å². The number of piperidine rings is 1. The Hall–Kier alpha value is -3.63. The van der Waals surface area contributed by atoms with Crippen molar-refractivity contribution < 1.29 is 13.5 Å². The zero-order valence-corrected chi connectivity index (χ0v) is 22.2. The summed E-state index contributed by atoms with van der Waals surface area (Å²) in [7, 11) is 1.60. The second kappa shape index (κ2) is 10.2. The SMILES string of the molecule is COC1(c2cc(F)c(-c3ccc4cnc(Nc5cnccc5N5C[C@H](C)C[C@H](N)C5)n4n3)c(F)c2)CCCC1. The summed E-state index contributed by atoms with van der Waals surface area (Å²) < 4.78 is 38.2. The predicted octanol–water partition coefficient (Wildman–Crippen LogP) is 5.40. The summed E-state index contributed by atoms with van der Waals surface area (Å²) in [5.41, 5.74) is 8.58. The van der Waals surface area contributed by atoms with E-state index in [9.17, 15) is 0 Å². The molecule has 0 spiro atoms. The molecule has 3 N–H and O–H groups in total. The first kappa shape index (κ1) is 25.6. The number of nitrogens with zero attached hydrogens (tertiary/aromatic N) is 5. The molecule has 1 saturated heterocycles. The lowest BCUT2D eigenvalue weighted by Gasteiger charge is -2.37. The van der Waals surface area contributed by atoms with Gasteiger partial charge >= 0.3 is 0 Å². The van der Waals surface area contributed by atoms with Crippen LogP contribution in [0.1, 0.15) is 44.6 Å². The summed E-state index contributed by atoms with van der Waals surface area (Å²) in [4.78, 5) is 11.0. The summed E-state index contributed by atoms with van der Waals surface area (Å²) >= 11 is 0. The number of fused-ring (bicyclic) bond motifs is 1. The van der Waals surface area contributed by atoms with Gasteiger partial charge in [-0.1, -0.05) is 19.8 Å². The highest BCUT2D eigenvalue weighted by Gasteiger charge is 2.37. The minimum atomic E-state index is -0.667. The van der Waals surface area contributed by atoms with Crippen molar-refractivity contribution >= 4 is 22.8 Å². The molecule has 4 aromatic rings. The van der Waals surface area contributed by atoms with Crippen molar-refractivity contribution in [3.05, 3.63) is 66.1 Å². The summed E-state index contributed by atoms with van der Waals surface area (Å²) in [5, 5.41) is 7.91. The fraction of sp³-hybridized carbons (Fsp3) is 0.414. The van der Waals surface area contributed by atoms with E-state index in [4.69, 9.17) is 10.5 Å². The summed E-state index contributed by atoms with van der Waals surface area (Å²) in [6.45, 7) is 3.82. The minimum Gasteiger partial charge on any atom is -0.374 e. The Morgan fingerprint density at radius 1 is 1.08 bits per heavy atom. The van der Waals surface area contributed by atoms with Gasteiger partial charge in [0, 0.05) is 32.4 Å². The lowest BCUT2D eigenvalue weighted by atomic mass is 9.90. The highest BCUT2D eigenvalue weighted by molar-refractivity contribution is 5.74. The van der Waals surface area contributed by atoms with Crippen LogP contribution in [0, 0.1) is 17.6 Å². The molecule has 2 aliphatic rings. The van der Waals surface area contributed by atoms with Gasteiger partial charge in [0.05, 0.1) is 46.1 Å². The fourth-order valence-electron chi connectivity index (χ4n) is 6.22. The molecule has 0 radical (unpaired) electrons. The fourth-order valence-corrected chi connectivity index (χ4v) is 6.22. The summed E-state index contributed by atoms with van der Waals surface area (Å²) in [5.74, 6) is -0.452. The van der Waals surface area contributed by atoms with E-state index in [0.717, 1.165) is 56.6 Å². The van der Waals surface area contributed by atoms with Gasteiger partial charge in [-0.05, 0) is 61.1 Å². The van der Waals surface area contributed by atoms with E-state index in [1.54, 1.807) is 42.3 Å². The second-order valence-electron chi connectivity index (χ2n) is 10.9. The maximum Gasteiger partial charge on any atom is 0.229 e. The van der Waals surface area contributed by atoms with Crippen molar-refractivity contribution in [2.24, 2.45) is 11.7 Å². The smallest absolute Gasteiger partial charge is 0.229 e.